The maximum atomic E-state index is 5.55. The van der Waals surface area contributed by atoms with Crippen LogP contribution < -0.4 is 4.74 Å². The molecule has 3 heteroatoms. The van der Waals surface area contributed by atoms with Crippen LogP contribution in [-0.4, -0.2) is 19.8 Å². The van der Waals surface area contributed by atoms with Crippen LogP contribution in [0.25, 0.3) is 0 Å². The number of halogens is 1. The van der Waals surface area contributed by atoms with Gasteiger partial charge in [0.05, 0.1) is 6.61 Å². The van der Waals surface area contributed by atoms with Crippen molar-refractivity contribution >= 4 is 15.9 Å². The molecule has 1 aromatic rings. The van der Waals surface area contributed by atoms with Crippen LogP contribution in [0, 0.1) is 5.92 Å². The standard InChI is InChI=1S/C13H17BrO2/c14-12-2-1-3-13(10-12)16-9-8-15-7-6-11-4-5-11/h1-3,10-11H,4-9H2. The van der Waals surface area contributed by atoms with Gasteiger partial charge in [0, 0.05) is 11.1 Å². The van der Waals surface area contributed by atoms with Gasteiger partial charge in [0.15, 0.2) is 0 Å². The summed E-state index contributed by atoms with van der Waals surface area (Å²) < 4.78 is 12.1. The van der Waals surface area contributed by atoms with Gasteiger partial charge >= 0.3 is 0 Å². The van der Waals surface area contributed by atoms with Crippen molar-refractivity contribution in [2.75, 3.05) is 19.8 Å². The third-order valence-electron chi connectivity index (χ3n) is 2.66. The normalized spacial score (nSPS) is 15.1. The van der Waals surface area contributed by atoms with E-state index in [-0.39, 0.29) is 0 Å². The van der Waals surface area contributed by atoms with E-state index in [9.17, 15) is 0 Å². The zero-order valence-electron chi connectivity index (χ0n) is 9.32. The summed E-state index contributed by atoms with van der Waals surface area (Å²) in [5.41, 5.74) is 0. The minimum atomic E-state index is 0.626. The van der Waals surface area contributed by atoms with Crippen LogP contribution in [0.15, 0.2) is 28.7 Å². The van der Waals surface area contributed by atoms with Crippen LogP contribution >= 0.6 is 15.9 Å². The van der Waals surface area contributed by atoms with Gasteiger partial charge in [-0.25, -0.2) is 0 Å². The van der Waals surface area contributed by atoms with E-state index >= 15 is 0 Å². The Morgan fingerprint density at radius 3 is 2.81 bits per heavy atom. The predicted octanol–water partition coefficient (Wildman–Crippen LogP) is 3.64. The van der Waals surface area contributed by atoms with Gasteiger partial charge in [0.2, 0.25) is 0 Å². The first-order valence-corrected chi connectivity index (χ1v) is 6.60. The van der Waals surface area contributed by atoms with Crippen molar-refractivity contribution in [1.82, 2.24) is 0 Å². The van der Waals surface area contributed by atoms with E-state index in [1.54, 1.807) is 0 Å². The van der Waals surface area contributed by atoms with E-state index in [0.717, 1.165) is 22.7 Å². The summed E-state index contributed by atoms with van der Waals surface area (Å²) in [6.07, 6.45) is 4.02. The fourth-order valence-corrected chi connectivity index (χ4v) is 1.91. The van der Waals surface area contributed by atoms with Gasteiger partial charge < -0.3 is 9.47 Å². The predicted molar refractivity (Wildman–Crippen MR) is 67.8 cm³/mol. The lowest BCUT2D eigenvalue weighted by molar-refractivity contribution is 0.0958. The van der Waals surface area contributed by atoms with Crippen molar-refractivity contribution in [1.29, 1.82) is 0 Å². The van der Waals surface area contributed by atoms with E-state index in [1.807, 2.05) is 24.3 Å². The molecule has 2 nitrogen and oxygen atoms in total. The molecule has 0 heterocycles. The quantitative estimate of drug-likeness (QED) is 0.712. The van der Waals surface area contributed by atoms with E-state index in [4.69, 9.17) is 9.47 Å². The van der Waals surface area contributed by atoms with Gasteiger partial charge in [0.1, 0.15) is 12.4 Å². The second-order valence-electron chi connectivity index (χ2n) is 4.15. The Labute approximate surface area is 105 Å². The number of ether oxygens (including phenoxy) is 2. The molecule has 0 unspecified atom stereocenters. The first-order valence-electron chi connectivity index (χ1n) is 5.81. The molecule has 0 aromatic heterocycles. The van der Waals surface area contributed by atoms with Crippen LogP contribution in [0.2, 0.25) is 0 Å². The van der Waals surface area contributed by atoms with Crippen molar-refractivity contribution < 1.29 is 9.47 Å². The van der Waals surface area contributed by atoms with E-state index < -0.39 is 0 Å². The SMILES string of the molecule is Brc1cccc(OCCOCCC2CC2)c1. The summed E-state index contributed by atoms with van der Waals surface area (Å²) in [6, 6.07) is 7.87. The molecule has 0 atom stereocenters. The molecule has 0 amide bonds. The summed E-state index contributed by atoms with van der Waals surface area (Å²) >= 11 is 3.41. The summed E-state index contributed by atoms with van der Waals surface area (Å²) in [6.45, 7) is 2.19. The van der Waals surface area contributed by atoms with Gasteiger partial charge in [-0.1, -0.05) is 34.8 Å². The second-order valence-corrected chi connectivity index (χ2v) is 5.07. The Kier molecular flexibility index (Phi) is 4.67. The topological polar surface area (TPSA) is 18.5 Å². The fourth-order valence-electron chi connectivity index (χ4n) is 1.53. The van der Waals surface area contributed by atoms with E-state index in [0.29, 0.717) is 13.2 Å². The van der Waals surface area contributed by atoms with Crippen molar-refractivity contribution in [2.45, 2.75) is 19.3 Å². The van der Waals surface area contributed by atoms with Crippen molar-refractivity contribution in [2.24, 2.45) is 5.92 Å². The molecule has 88 valence electrons. The lowest BCUT2D eigenvalue weighted by Crippen LogP contribution is -2.07. The van der Waals surface area contributed by atoms with E-state index in [1.165, 1.54) is 19.3 Å². The molecule has 1 aliphatic carbocycles. The average molecular weight is 285 g/mol. The zero-order valence-corrected chi connectivity index (χ0v) is 10.9. The van der Waals surface area contributed by atoms with Gasteiger partial charge in [-0.15, -0.1) is 0 Å². The fraction of sp³-hybridized carbons (Fsp3) is 0.538. The van der Waals surface area contributed by atoms with Crippen LogP contribution in [0.4, 0.5) is 0 Å². The Morgan fingerprint density at radius 1 is 1.19 bits per heavy atom. The highest BCUT2D eigenvalue weighted by atomic mass is 79.9. The average Bonchev–Trinajstić information content (AvgIpc) is 3.07. The zero-order chi connectivity index (χ0) is 11.2. The third-order valence-corrected chi connectivity index (χ3v) is 3.15. The monoisotopic (exact) mass is 284 g/mol. The number of hydrogen-bond acceptors (Lipinski definition) is 2. The number of hydrogen-bond donors (Lipinski definition) is 0. The molecular weight excluding hydrogens is 268 g/mol. The summed E-state index contributed by atoms with van der Waals surface area (Å²) in [5, 5.41) is 0. The molecule has 0 bridgehead atoms. The summed E-state index contributed by atoms with van der Waals surface area (Å²) in [5.74, 6) is 1.84. The summed E-state index contributed by atoms with van der Waals surface area (Å²) in [7, 11) is 0. The second kappa shape index (κ2) is 6.26. The van der Waals surface area contributed by atoms with Crippen molar-refractivity contribution in [3.05, 3.63) is 28.7 Å². The first-order chi connectivity index (χ1) is 7.84. The third kappa shape index (κ3) is 4.54. The van der Waals surface area contributed by atoms with Gasteiger partial charge in [0.25, 0.3) is 0 Å². The van der Waals surface area contributed by atoms with Crippen LogP contribution in [0.5, 0.6) is 5.75 Å². The molecule has 0 radical (unpaired) electrons. The Morgan fingerprint density at radius 2 is 2.06 bits per heavy atom. The lowest BCUT2D eigenvalue weighted by atomic mass is 10.3. The first kappa shape index (κ1) is 11.9. The maximum absolute atomic E-state index is 5.55. The molecule has 1 aromatic carbocycles. The highest BCUT2D eigenvalue weighted by molar-refractivity contribution is 9.10. The molecule has 1 fully saturated rings. The maximum Gasteiger partial charge on any atom is 0.120 e. The molecule has 1 aliphatic rings. The minimum Gasteiger partial charge on any atom is -0.491 e. The Hall–Kier alpha value is -0.540. The molecule has 0 N–H and O–H groups in total. The minimum absolute atomic E-state index is 0.626. The molecule has 1 saturated carbocycles. The Bertz CT molecular complexity index is 323. The van der Waals surface area contributed by atoms with Crippen molar-refractivity contribution in [3.63, 3.8) is 0 Å². The number of rotatable bonds is 7. The summed E-state index contributed by atoms with van der Waals surface area (Å²) in [4.78, 5) is 0. The smallest absolute Gasteiger partial charge is 0.120 e. The van der Waals surface area contributed by atoms with Crippen LogP contribution in [-0.2, 0) is 4.74 Å². The highest BCUT2D eigenvalue weighted by Crippen LogP contribution is 2.32. The Balaban J connectivity index is 1.53. The molecule has 0 spiro atoms. The van der Waals surface area contributed by atoms with Gasteiger partial charge in [-0.2, -0.15) is 0 Å². The molecule has 16 heavy (non-hydrogen) atoms. The van der Waals surface area contributed by atoms with Gasteiger partial charge in [-0.3, -0.25) is 0 Å². The molecule has 0 aliphatic heterocycles. The highest BCUT2D eigenvalue weighted by Gasteiger charge is 2.20. The van der Waals surface area contributed by atoms with E-state index in [2.05, 4.69) is 15.9 Å². The largest absolute Gasteiger partial charge is 0.491 e. The van der Waals surface area contributed by atoms with Crippen LogP contribution in [0.3, 0.4) is 0 Å². The molecule has 2 rings (SSSR count). The molecular formula is C13H17BrO2. The van der Waals surface area contributed by atoms with Crippen molar-refractivity contribution in [3.8, 4) is 5.75 Å². The molecule has 0 saturated heterocycles. The van der Waals surface area contributed by atoms with Crippen LogP contribution in [0.1, 0.15) is 19.3 Å². The van der Waals surface area contributed by atoms with Gasteiger partial charge in [-0.05, 0) is 30.5 Å². The lowest BCUT2D eigenvalue weighted by Gasteiger charge is -2.07. The number of benzene rings is 1.